The standard InChI is InChI=1S/C25H29Cl2N7O/c1-17(2)33-11-13-34(14-12-33)19-9-7-18(8-10-19)30-22-15-23(29-16-28-22)32(3)25(35)31-24-20(26)5-4-6-21(24)27/h4-10,15-17H,11-14H2,1-3H3,(H,31,35)(H,28,29,30). The zero-order valence-electron chi connectivity index (χ0n) is 20.0. The second kappa shape index (κ2) is 11.1. The SMILES string of the molecule is CC(C)N1CCN(c2ccc(Nc3cc(N(C)C(=O)Nc4c(Cl)cccc4Cl)ncn3)cc2)CC1. The smallest absolute Gasteiger partial charge is 0.327 e. The average Bonchev–Trinajstić information content (AvgIpc) is 2.86. The maximum absolute atomic E-state index is 12.7. The Labute approximate surface area is 215 Å². The van der Waals surface area contributed by atoms with Crippen molar-refractivity contribution in [2.75, 3.05) is 53.7 Å². The van der Waals surface area contributed by atoms with E-state index in [2.05, 4.69) is 56.4 Å². The largest absolute Gasteiger partial charge is 0.369 e. The number of nitrogens with one attached hydrogen (secondary N) is 2. The summed E-state index contributed by atoms with van der Waals surface area (Å²) in [5.41, 5.74) is 2.46. The number of carbonyl (C=O) groups excluding carboxylic acids is 1. The molecule has 1 fully saturated rings. The summed E-state index contributed by atoms with van der Waals surface area (Å²) >= 11 is 12.3. The molecule has 0 atom stereocenters. The van der Waals surface area contributed by atoms with Crippen LogP contribution in [0.2, 0.25) is 10.0 Å². The van der Waals surface area contributed by atoms with Gasteiger partial charge in [0.1, 0.15) is 18.0 Å². The van der Waals surface area contributed by atoms with Crippen LogP contribution in [0.1, 0.15) is 13.8 Å². The van der Waals surface area contributed by atoms with Crippen LogP contribution in [-0.4, -0.2) is 60.2 Å². The van der Waals surface area contributed by atoms with E-state index in [1.807, 2.05) is 12.1 Å². The summed E-state index contributed by atoms with van der Waals surface area (Å²) in [6, 6.07) is 15.2. The molecule has 0 bridgehead atoms. The van der Waals surface area contributed by atoms with Crippen molar-refractivity contribution >= 4 is 57.9 Å². The van der Waals surface area contributed by atoms with Crippen LogP contribution < -0.4 is 20.4 Å². The summed E-state index contributed by atoms with van der Waals surface area (Å²) < 4.78 is 0. The molecule has 3 aromatic rings. The Balaban J connectivity index is 1.39. The molecule has 1 aliphatic heterocycles. The van der Waals surface area contributed by atoms with E-state index >= 15 is 0 Å². The summed E-state index contributed by atoms with van der Waals surface area (Å²) in [5.74, 6) is 0.992. The average molecular weight is 514 g/mol. The summed E-state index contributed by atoms with van der Waals surface area (Å²) in [5, 5.41) is 6.72. The predicted octanol–water partition coefficient (Wildman–Crippen LogP) is 5.73. The molecule has 35 heavy (non-hydrogen) atoms. The zero-order valence-corrected chi connectivity index (χ0v) is 21.5. The first-order chi connectivity index (χ1) is 16.8. The molecule has 0 radical (unpaired) electrons. The number of aromatic nitrogens is 2. The number of rotatable bonds is 6. The molecule has 1 aromatic heterocycles. The lowest BCUT2D eigenvalue weighted by Gasteiger charge is -2.38. The van der Waals surface area contributed by atoms with E-state index in [4.69, 9.17) is 23.2 Å². The Morgan fingerprint density at radius 2 is 1.66 bits per heavy atom. The van der Waals surface area contributed by atoms with Crippen molar-refractivity contribution < 1.29 is 4.79 Å². The van der Waals surface area contributed by atoms with Crippen LogP contribution in [0, 0.1) is 0 Å². The normalized spacial score (nSPS) is 14.2. The van der Waals surface area contributed by atoms with Gasteiger partial charge < -0.3 is 15.5 Å². The van der Waals surface area contributed by atoms with Crippen LogP contribution >= 0.6 is 23.2 Å². The maximum Gasteiger partial charge on any atom is 0.327 e. The van der Waals surface area contributed by atoms with Crippen molar-refractivity contribution in [2.45, 2.75) is 19.9 Å². The Bertz CT molecular complexity index is 1140. The zero-order chi connectivity index (χ0) is 24.9. The van der Waals surface area contributed by atoms with Crippen LogP contribution in [0.3, 0.4) is 0 Å². The molecule has 4 rings (SSSR count). The van der Waals surface area contributed by atoms with Gasteiger partial charge in [-0.05, 0) is 50.2 Å². The molecule has 0 aliphatic carbocycles. The number of carbonyl (C=O) groups is 1. The van der Waals surface area contributed by atoms with Crippen molar-refractivity contribution in [1.29, 1.82) is 0 Å². The number of benzene rings is 2. The van der Waals surface area contributed by atoms with Crippen molar-refractivity contribution in [3.8, 4) is 0 Å². The second-order valence-electron chi connectivity index (χ2n) is 8.64. The number of para-hydroxylation sites is 1. The minimum atomic E-state index is -0.424. The van der Waals surface area contributed by atoms with Crippen LogP contribution in [0.25, 0.3) is 0 Å². The van der Waals surface area contributed by atoms with Crippen molar-refractivity contribution in [1.82, 2.24) is 14.9 Å². The molecule has 8 nitrogen and oxygen atoms in total. The third-order valence-corrected chi connectivity index (χ3v) is 6.67. The highest BCUT2D eigenvalue weighted by molar-refractivity contribution is 6.39. The van der Waals surface area contributed by atoms with Gasteiger partial charge in [0.05, 0.1) is 15.7 Å². The number of hydrogen-bond donors (Lipinski definition) is 2. The lowest BCUT2D eigenvalue weighted by Crippen LogP contribution is -2.48. The van der Waals surface area contributed by atoms with Gasteiger partial charge in [-0.25, -0.2) is 14.8 Å². The summed E-state index contributed by atoms with van der Waals surface area (Å²) in [6.45, 7) is 8.68. The first-order valence-corrected chi connectivity index (χ1v) is 12.2. The Hall–Kier alpha value is -3.07. The molecule has 1 saturated heterocycles. The highest BCUT2D eigenvalue weighted by Gasteiger charge is 2.19. The Morgan fingerprint density at radius 3 is 2.29 bits per heavy atom. The first-order valence-electron chi connectivity index (χ1n) is 11.5. The molecule has 10 heteroatoms. The van der Waals surface area contributed by atoms with Crippen molar-refractivity contribution in [3.63, 3.8) is 0 Å². The third-order valence-electron chi connectivity index (χ3n) is 6.05. The van der Waals surface area contributed by atoms with Gasteiger partial charge in [-0.1, -0.05) is 29.3 Å². The maximum atomic E-state index is 12.7. The van der Waals surface area contributed by atoms with Gasteiger partial charge in [0.25, 0.3) is 0 Å². The van der Waals surface area contributed by atoms with Gasteiger partial charge in [0.15, 0.2) is 0 Å². The number of urea groups is 1. The molecule has 2 heterocycles. The summed E-state index contributed by atoms with van der Waals surface area (Å²) in [4.78, 5) is 27.5. The van der Waals surface area contributed by atoms with Gasteiger partial charge in [0.2, 0.25) is 0 Å². The topological polar surface area (TPSA) is 76.6 Å². The third kappa shape index (κ3) is 6.14. The fourth-order valence-electron chi connectivity index (χ4n) is 3.91. The molecule has 2 aromatic carbocycles. The molecule has 1 aliphatic rings. The monoisotopic (exact) mass is 513 g/mol. The molecular formula is C25H29Cl2N7O. The van der Waals surface area contributed by atoms with E-state index in [1.54, 1.807) is 31.3 Å². The first kappa shape index (κ1) is 25.0. The van der Waals surface area contributed by atoms with E-state index < -0.39 is 6.03 Å². The molecule has 184 valence electrons. The quantitative estimate of drug-likeness (QED) is 0.438. The van der Waals surface area contributed by atoms with E-state index in [0.717, 1.165) is 31.9 Å². The van der Waals surface area contributed by atoms with Crippen molar-refractivity contribution in [2.24, 2.45) is 0 Å². The Morgan fingerprint density at radius 1 is 1.00 bits per heavy atom. The van der Waals surface area contributed by atoms with Gasteiger partial charge in [0, 0.05) is 56.7 Å². The second-order valence-corrected chi connectivity index (χ2v) is 9.45. The lowest BCUT2D eigenvalue weighted by molar-refractivity contribution is 0.209. The number of halogens is 2. The van der Waals surface area contributed by atoms with Gasteiger partial charge in [-0.3, -0.25) is 9.80 Å². The van der Waals surface area contributed by atoms with Gasteiger partial charge in [-0.2, -0.15) is 0 Å². The van der Waals surface area contributed by atoms with Crippen molar-refractivity contribution in [3.05, 3.63) is 64.9 Å². The van der Waals surface area contributed by atoms with E-state index in [1.165, 1.54) is 16.9 Å². The molecule has 2 amide bonds. The van der Waals surface area contributed by atoms with Gasteiger partial charge in [-0.15, -0.1) is 0 Å². The van der Waals surface area contributed by atoms with Crippen LogP contribution in [0.15, 0.2) is 54.9 Å². The van der Waals surface area contributed by atoms with E-state index in [0.29, 0.717) is 33.4 Å². The number of hydrogen-bond acceptors (Lipinski definition) is 6. The van der Waals surface area contributed by atoms with Gasteiger partial charge >= 0.3 is 6.03 Å². The molecule has 0 saturated carbocycles. The Kier molecular flexibility index (Phi) is 7.95. The fourth-order valence-corrected chi connectivity index (χ4v) is 4.40. The van der Waals surface area contributed by atoms with E-state index in [-0.39, 0.29) is 0 Å². The summed E-state index contributed by atoms with van der Waals surface area (Å²) in [6.07, 6.45) is 1.41. The highest BCUT2D eigenvalue weighted by Crippen LogP contribution is 2.30. The van der Waals surface area contributed by atoms with Crippen LogP contribution in [0.5, 0.6) is 0 Å². The van der Waals surface area contributed by atoms with Crippen LogP contribution in [-0.2, 0) is 0 Å². The van der Waals surface area contributed by atoms with E-state index in [9.17, 15) is 4.79 Å². The predicted molar refractivity (Wildman–Crippen MR) is 145 cm³/mol. The molecule has 0 unspecified atom stereocenters. The summed E-state index contributed by atoms with van der Waals surface area (Å²) in [7, 11) is 1.61. The number of piperazine rings is 1. The molecule has 0 spiro atoms. The highest BCUT2D eigenvalue weighted by atomic mass is 35.5. The van der Waals surface area contributed by atoms with Crippen LogP contribution in [0.4, 0.5) is 33.5 Å². The minimum absolute atomic E-state index is 0.353. The number of anilines is 5. The number of nitrogens with zero attached hydrogens (tertiary/aromatic N) is 5. The molecular weight excluding hydrogens is 485 g/mol. The lowest BCUT2D eigenvalue weighted by atomic mass is 10.2. The fraction of sp³-hybridized carbons (Fsp3) is 0.320. The molecule has 2 N–H and O–H groups in total. The minimum Gasteiger partial charge on any atom is -0.369 e. The number of amides is 2.